The number of rotatable bonds is 8. The molecule has 3 aromatic carbocycles. The van der Waals surface area contributed by atoms with E-state index in [-0.39, 0.29) is 17.7 Å². The second-order valence-electron chi connectivity index (χ2n) is 9.05. The number of nitrogens with one attached hydrogen (secondary N) is 2. The lowest BCUT2D eigenvalue weighted by Crippen LogP contribution is -2.24. The van der Waals surface area contributed by atoms with E-state index in [2.05, 4.69) is 10.6 Å². The highest BCUT2D eigenvalue weighted by Gasteiger charge is 2.25. The van der Waals surface area contributed by atoms with E-state index < -0.39 is 5.25 Å². The number of methoxy groups -OCH3 is 1. The summed E-state index contributed by atoms with van der Waals surface area (Å²) in [5.41, 5.74) is 3.04. The second kappa shape index (κ2) is 12.3. The summed E-state index contributed by atoms with van der Waals surface area (Å²) in [6.45, 7) is 1.88. The molecule has 0 aliphatic heterocycles. The zero-order valence-corrected chi connectivity index (χ0v) is 22.1. The number of carbonyl (C=O) groups is 2. The lowest BCUT2D eigenvalue weighted by Gasteiger charge is -2.21. The highest BCUT2D eigenvalue weighted by atomic mass is 35.5. The van der Waals surface area contributed by atoms with Gasteiger partial charge in [-0.15, -0.1) is 11.8 Å². The highest BCUT2D eigenvalue weighted by molar-refractivity contribution is 8.00. The van der Waals surface area contributed by atoms with Gasteiger partial charge in [-0.3, -0.25) is 9.59 Å². The maximum absolute atomic E-state index is 13.6. The molecule has 1 unspecified atom stereocenters. The van der Waals surface area contributed by atoms with Crippen LogP contribution in [-0.2, 0) is 9.59 Å². The molecular weight excluding hydrogens is 492 g/mol. The number of thioether (sulfide) groups is 1. The molecule has 3 aromatic rings. The molecule has 188 valence electrons. The molecule has 4 rings (SSSR count). The van der Waals surface area contributed by atoms with Crippen molar-refractivity contribution in [2.45, 2.75) is 49.2 Å². The fourth-order valence-electron chi connectivity index (χ4n) is 4.42. The molecule has 1 saturated carbocycles. The van der Waals surface area contributed by atoms with Crippen LogP contribution in [0.2, 0.25) is 5.02 Å². The van der Waals surface area contributed by atoms with Crippen molar-refractivity contribution in [3.8, 4) is 5.75 Å². The Balaban J connectivity index is 1.54. The normalized spacial score (nSPS) is 14.6. The number of benzene rings is 3. The zero-order chi connectivity index (χ0) is 25.5. The van der Waals surface area contributed by atoms with Gasteiger partial charge >= 0.3 is 0 Å². The van der Waals surface area contributed by atoms with E-state index in [9.17, 15) is 9.59 Å². The molecule has 0 aromatic heterocycles. The summed E-state index contributed by atoms with van der Waals surface area (Å²) in [5, 5.41) is 6.16. The summed E-state index contributed by atoms with van der Waals surface area (Å²) in [5.74, 6) is 0.487. The van der Waals surface area contributed by atoms with Gasteiger partial charge in [0, 0.05) is 27.6 Å². The van der Waals surface area contributed by atoms with Crippen LogP contribution in [0.15, 0.2) is 71.6 Å². The predicted octanol–water partition coefficient (Wildman–Crippen LogP) is 7.65. The Morgan fingerprint density at radius 1 is 0.972 bits per heavy atom. The first-order valence-corrected chi connectivity index (χ1v) is 13.5. The Hall–Kier alpha value is -2.96. The lowest BCUT2D eigenvalue weighted by atomic mass is 9.88. The summed E-state index contributed by atoms with van der Waals surface area (Å²) in [6, 6.07) is 20.9. The molecule has 1 aliphatic carbocycles. The first kappa shape index (κ1) is 26.1. The van der Waals surface area contributed by atoms with Crippen molar-refractivity contribution in [2.24, 2.45) is 5.92 Å². The number of hydrogen-bond acceptors (Lipinski definition) is 4. The summed E-state index contributed by atoms with van der Waals surface area (Å²) >= 11 is 7.68. The van der Waals surface area contributed by atoms with Crippen LogP contribution < -0.4 is 15.4 Å². The van der Waals surface area contributed by atoms with E-state index in [0.717, 1.165) is 47.4 Å². The molecule has 1 fully saturated rings. The van der Waals surface area contributed by atoms with Gasteiger partial charge in [0.05, 0.1) is 12.8 Å². The summed E-state index contributed by atoms with van der Waals surface area (Å²) in [7, 11) is 1.55. The minimum atomic E-state index is -0.517. The molecule has 0 bridgehead atoms. The van der Waals surface area contributed by atoms with E-state index >= 15 is 0 Å². The van der Waals surface area contributed by atoms with Crippen LogP contribution in [0, 0.1) is 12.8 Å². The van der Waals surface area contributed by atoms with E-state index in [1.165, 1.54) is 18.2 Å². The number of hydrogen-bond donors (Lipinski definition) is 2. The maximum Gasteiger partial charge on any atom is 0.242 e. The Kier molecular flexibility index (Phi) is 8.94. The van der Waals surface area contributed by atoms with E-state index in [4.69, 9.17) is 16.3 Å². The molecule has 2 N–H and O–H groups in total. The molecule has 0 heterocycles. The first-order valence-electron chi connectivity index (χ1n) is 12.2. The summed E-state index contributed by atoms with van der Waals surface area (Å²) in [6.07, 6.45) is 5.33. The van der Waals surface area contributed by atoms with Crippen LogP contribution >= 0.6 is 23.4 Å². The van der Waals surface area contributed by atoms with Crippen LogP contribution in [0.25, 0.3) is 0 Å². The molecular formula is C29H31ClN2O3S. The minimum absolute atomic E-state index is 0.0794. The fraction of sp³-hybridized carbons (Fsp3) is 0.310. The van der Waals surface area contributed by atoms with Crippen molar-refractivity contribution >= 4 is 46.6 Å². The largest absolute Gasteiger partial charge is 0.495 e. The Morgan fingerprint density at radius 3 is 2.44 bits per heavy atom. The molecule has 1 atom stereocenters. The van der Waals surface area contributed by atoms with Gasteiger partial charge < -0.3 is 15.4 Å². The quantitative estimate of drug-likeness (QED) is 0.298. The standard InChI is InChI=1S/C29H31ClN2O3S/c1-19-16-25(26(35-2)18-24(19)30)32-29(34)27(20-10-5-3-6-11-20)36-23-15-9-14-22(17-23)31-28(33)21-12-7-4-8-13-21/h3,5-6,9-11,14-18,21,27H,4,7-8,12-13H2,1-2H3,(H,31,33)(H,32,34). The van der Waals surface area contributed by atoms with Gasteiger partial charge in [-0.05, 0) is 55.2 Å². The van der Waals surface area contributed by atoms with Gasteiger partial charge in [-0.1, -0.05) is 67.3 Å². The van der Waals surface area contributed by atoms with Crippen molar-refractivity contribution in [1.29, 1.82) is 0 Å². The molecule has 2 amide bonds. The number of halogens is 1. The number of anilines is 2. The van der Waals surface area contributed by atoms with Crippen LogP contribution in [-0.4, -0.2) is 18.9 Å². The Labute approximate surface area is 222 Å². The average molecular weight is 523 g/mol. The molecule has 0 radical (unpaired) electrons. The average Bonchev–Trinajstić information content (AvgIpc) is 2.90. The van der Waals surface area contributed by atoms with Gasteiger partial charge in [0.15, 0.2) is 0 Å². The molecule has 36 heavy (non-hydrogen) atoms. The molecule has 0 saturated heterocycles. The van der Waals surface area contributed by atoms with Crippen LogP contribution in [0.4, 0.5) is 11.4 Å². The number of aryl methyl sites for hydroxylation is 1. The third-order valence-electron chi connectivity index (χ3n) is 6.41. The van der Waals surface area contributed by atoms with Crippen molar-refractivity contribution in [1.82, 2.24) is 0 Å². The van der Waals surface area contributed by atoms with Crippen molar-refractivity contribution < 1.29 is 14.3 Å². The predicted molar refractivity (Wildman–Crippen MR) is 148 cm³/mol. The highest BCUT2D eigenvalue weighted by Crippen LogP contribution is 2.39. The fourth-order valence-corrected chi connectivity index (χ4v) is 5.66. The topological polar surface area (TPSA) is 67.4 Å². The first-order chi connectivity index (χ1) is 17.4. The van der Waals surface area contributed by atoms with E-state index in [1.54, 1.807) is 13.2 Å². The van der Waals surface area contributed by atoms with Crippen molar-refractivity contribution in [3.63, 3.8) is 0 Å². The number of ether oxygens (including phenoxy) is 1. The third-order valence-corrected chi connectivity index (χ3v) is 8.07. The Bertz CT molecular complexity index is 1210. The van der Waals surface area contributed by atoms with Gasteiger partial charge in [-0.2, -0.15) is 0 Å². The maximum atomic E-state index is 13.6. The minimum Gasteiger partial charge on any atom is -0.495 e. The monoisotopic (exact) mass is 522 g/mol. The van der Waals surface area contributed by atoms with Crippen LogP contribution in [0.1, 0.15) is 48.5 Å². The summed E-state index contributed by atoms with van der Waals surface area (Å²) < 4.78 is 5.44. The summed E-state index contributed by atoms with van der Waals surface area (Å²) in [4.78, 5) is 27.2. The Morgan fingerprint density at radius 2 is 1.72 bits per heavy atom. The van der Waals surface area contributed by atoms with E-state index in [0.29, 0.717) is 16.5 Å². The van der Waals surface area contributed by atoms with Crippen molar-refractivity contribution in [3.05, 3.63) is 82.9 Å². The second-order valence-corrected chi connectivity index (χ2v) is 10.6. The van der Waals surface area contributed by atoms with Gasteiger partial charge in [0.1, 0.15) is 11.0 Å². The smallest absolute Gasteiger partial charge is 0.242 e. The SMILES string of the molecule is COc1cc(Cl)c(C)cc1NC(=O)C(Sc1cccc(NC(=O)C2CCCCC2)c1)c1ccccc1. The number of amides is 2. The molecule has 5 nitrogen and oxygen atoms in total. The van der Waals surface area contributed by atoms with Gasteiger partial charge in [0.2, 0.25) is 11.8 Å². The lowest BCUT2D eigenvalue weighted by molar-refractivity contribution is -0.120. The van der Waals surface area contributed by atoms with E-state index in [1.807, 2.05) is 67.6 Å². The van der Waals surface area contributed by atoms with Crippen LogP contribution in [0.3, 0.4) is 0 Å². The molecule has 1 aliphatic rings. The number of carbonyl (C=O) groups excluding carboxylic acids is 2. The third kappa shape index (κ3) is 6.62. The van der Waals surface area contributed by atoms with Gasteiger partial charge in [-0.25, -0.2) is 0 Å². The van der Waals surface area contributed by atoms with Crippen molar-refractivity contribution in [2.75, 3.05) is 17.7 Å². The van der Waals surface area contributed by atoms with Gasteiger partial charge in [0.25, 0.3) is 0 Å². The zero-order valence-electron chi connectivity index (χ0n) is 20.6. The molecule has 7 heteroatoms. The molecule has 0 spiro atoms. The van der Waals surface area contributed by atoms with Crippen LogP contribution in [0.5, 0.6) is 5.75 Å².